The van der Waals surface area contributed by atoms with Crippen molar-refractivity contribution in [2.75, 3.05) is 12.0 Å². The topological polar surface area (TPSA) is 80.7 Å². The van der Waals surface area contributed by atoms with Crippen LogP contribution >= 0.6 is 8.93 Å². The molecule has 0 saturated carbocycles. The monoisotopic (exact) mass is 389 g/mol. The van der Waals surface area contributed by atoms with Gasteiger partial charge in [0.2, 0.25) is 0 Å². The molecule has 1 N–H and O–H groups in total. The Balaban J connectivity index is 3.37. The summed E-state index contributed by atoms with van der Waals surface area (Å²) >= 11 is -0.0944. The summed E-state index contributed by atoms with van der Waals surface area (Å²) in [4.78, 5) is 13.8. The fraction of sp³-hybridized carbons (Fsp3) is 0.222. The molecule has 0 aliphatic carbocycles. The van der Waals surface area contributed by atoms with E-state index in [2.05, 4.69) is 4.74 Å². The third-order valence-electron chi connectivity index (χ3n) is 1.80. The zero-order valence-electron chi connectivity index (χ0n) is 9.01. The molecule has 1 rings (SSSR count). The van der Waals surface area contributed by atoms with E-state index in [1.54, 1.807) is 15.0 Å². The first kappa shape index (κ1) is 14.7. The Morgan fingerprint density at radius 1 is 1.47 bits per heavy atom. The number of halogens is 1. The number of carbonyl (C=O) groups excluding carboxylic acids is 1. The average Bonchev–Trinajstić information content (AvgIpc) is 2.27. The number of hydrogen-bond acceptors (Lipinski definition) is 5. The van der Waals surface area contributed by atoms with Crippen LogP contribution in [0.1, 0.15) is 10.4 Å². The Kier molecular flexibility index (Phi) is 5.22. The van der Waals surface area contributed by atoms with Gasteiger partial charge in [-0.3, -0.25) is 0 Å². The fourth-order valence-electron chi connectivity index (χ4n) is 1.14. The van der Waals surface area contributed by atoms with Crippen LogP contribution in [-0.4, -0.2) is 31.0 Å². The summed E-state index contributed by atoms with van der Waals surface area (Å²) < 4.78 is 35.7. The van der Waals surface area contributed by atoms with Gasteiger partial charge in [-0.2, -0.15) is 0 Å². The van der Waals surface area contributed by atoms with Gasteiger partial charge in [0.25, 0.3) is 0 Å². The molecule has 0 aromatic heterocycles. The zero-order chi connectivity index (χ0) is 13.1. The molecule has 5 nitrogen and oxygen atoms in total. The number of ether oxygens (including phenoxy) is 1. The first-order valence-corrected chi connectivity index (χ1v) is 11.2. The molecular weight excluding hydrogens is 379 g/mol. The van der Waals surface area contributed by atoms with Gasteiger partial charge in [-0.1, -0.05) is 0 Å². The van der Waals surface area contributed by atoms with Crippen LogP contribution in [0.5, 0.6) is 0 Å². The van der Waals surface area contributed by atoms with Crippen molar-refractivity contribution in [1.82, 2.24) is 0 Å². The quantitative estimate of drug-likeness (QED) is 0.291. The van der Waals surface area contributed by atoms with Crippen molar-refractivity contribution in [3.8, 4) is 0 Å². The summed E-state index contributed by atoms with van der Waals surface area (Å²) in [5.74, 6) is -0.783. The third-order valence-corrected chi connectivity index (χ3v) is 6.15. The van der Waals surface area contributed by atoms with Crippen LogP contribution in [-0.2, 0) is 14.9 Å². The van der Waals surface area contributed by atoms with E-state index in [0.717, 1.165) is 12.0 Å². The molecule has 8 heteroatoms. The first-order chi connectivity index (χ1) is 7.90. The molecule has 0 bridgehead atoms. The van der Waals surface area contributed by atoms with Gasteiger partial charge in [-0.15, -0.1) is 0 Å². The predicted octanol–water partition coefficient (Wildman–Crippen LogP) is -1.55. The van der Waals surface area contributed by atoms with Gasteiger partial charge in [0, 0.05) is 0 Å². The van der Waals surface area contributed by atoms with Crippen molar-refractivity contribution < 1.29 is 42.3 Å². The molecule has 0 fully saturated rings. The van der Waals surface area contributed by atoms with Gasteiger partial charge < -0.3 is 0 Å². The predicted molar refractivity (Wildman–Crippen MR) is 59.4 cm³/mol. The van der Waals surface area contributed by atoms with Gasteiger partial charge in [0.15, 0.2) is 0 Å². The van der Waals surface area contributed by atoms with Crippen LogP contribution < -0.4 is 19.8 Å². The van der Waals surface area contributed by atoms with Crippen LogP contribution in [0.15, 0.2) is 28.0 Å². The van der Waals surface area contributed by atoms with Gasteiger partial charge >= 0.3 is 113 Å². The number of benzene rings is 1. The molecule has 96 valence electrons. The summed E-state index contributed by atoms with van der Waals surface area (Å²) in [7, 11) is -1.70. The fourth-order valence-corrected chi connectivity index (χ4v) is 4.61. The molecule has 0 radical (unpaired) electrons. The van der Waals surface area contributed by atoms with Gasteiger partial charge in [-0.05, 0) is 0 Å². The summed E-state index contributed by atoms with van der Waals surface area (Å²) in [5.41, 5.74) is -0.141. The number of alkyl halides is 1. The summed E-state index contributed by atoms with van der Waals surface area (Å²) in [6, 6.07) is 4.19. The van der Waals surface area contributed by atoms with E-state index in [1.807, 2.05) is 4.93 Å². The Hall–Kier alpha value is -0.320. The molecule has 0 amide bonds. The number of hydrogen-bond donors (Lipinski definition) is 1. The second-order valence-corrected chi connectivity index (χ2v) is 9.14. The minimum atomic E-state index is -4.42. The molecule has 1 aromatic rings. The van der Waals surface area contributed by atoms with Gasteiger partial charge in [0.1, 0.15) is 0 Å². The van der Waals surface area contributed by atoms with E-state index >= 15 is 0 Å². The second-order valence-electron chi connectivity index (χ2n) is 2.86. The zero-order valence-corrected chi connectivity index (χ0v) is 12.8. The molecule has 0 heterocycles. The van der Waals surface area contributed by atoms with E-state index in [-0.39, 0.29) is 25.4 Å². The second kappa shape index (κ2) is 6.03. The normalized spacial score (nSPS) is 11.5. The van der Waals surface area contributed by atoms with Crippen LogP contribution in [0.25, 0.3) is 0 Å². The molecule has 0 saturated heterocycles. The van der Waals surface area contributed by atoms with Gasteiger partial charge in [0.05, 0.1) is 0 Å². The van der Waals surface area contributed by atoms with E-state index in [1.165, 1.54) is 12.1 Å². The Labute approximate surface area is 112 Å². The van der Waals surface area contributed by atoms with Crippen molar-refractivity contribution in [2.45, 2.75) is 9.79 Å². The number of methoxy groups -OCH3 is 1. The van der Waals surface area contributed by atoms with E-state index in [4.69, 9.17) is 4.55 Å². The SMILES string of the molecule is COC(=O)c1cc(S[I-]C)ccc1S(=O)(=O)O. The molecular formula is C9H10IO5S2-. The minimum absolute atomic E-state index is 0.0944. The standard InChI is InChI=1S/C9H10IO5S2/c1-10-16-6-3-4-8(17(12,13)14)7(5-6)9(11)15-2/h3-5H,1-2H3,(H,12,13,14)/q-1. The molecule has 0 spiro atoms. The molecule has 0 aliphatic rings. The van der Waals surface area contributed by atoms with E-state index in [9.17, 15) is 13.2 Å². The third kappa shape index (κ3) is 3.83. The van der Waals surface area contributed by atoms with Crippen molar-refractivity contribution in [3.05, 3.63) is 23.8 Å². The Morgan fingerprint density at radius 3 is 2.59 bits per heavy atom. The summed E-state index contributed by atoms with van der Waals surface area (Å²) in [5, 5.41) is 0. The molecule has 17 heavy (non-hydrogen) atoms. The van der Waals surface area contributed by atoms with Crippen LogP contribution in [0.2, 0.25) is 0 Å². The summed E-state index contributed by atoms with van der Waals surface area (Å²) in [6.07, 6.45) is 0. The summed E-state index contributed by atoms with van der Waals surface area (Å²) in [6.45, 7) is 0. The number of rotatable bonds is 4. The maximum absolute atomic E-state index is 11.4. The molecule has 0 unspecified atom stereocenters. The average molecular weight is 389 g/mol. The Bertz CT molecular complexity index is 526. The maximum atomic E-state index is 11.4. The van der Waals surface area contributed by atoms with Crippen molar-refractivity contribution in [1.29, 1.82) is 0 Å². The Morgan fingerprint density at radius 2 is 2.12 bits per heavy atom. The van der Waals surface area contributed by atoms with Crippen molar-refractivity contribution in [3.63, 3.8) is 0 Å². The van der Waals surface area contributed by atoms with Gasteiger partial charge in [-0.25, -0.2) is 0 Å². The molecule has 0 atom stereocenters. The van der Waals surface area contributed by atoms with E-state index in [0.29, 0.717) is 0 Å². The first-order valence-electron chi connectivity index (χ1n) is 4.26. The van der Waals surface area contributed by atoms with Crippen LogP contribution in [0.3, 0.4) is 0 Å². The van der Waals surface area contributed by atoms with Crippen molar-refractivity contribution >= 4 is 25.0 Å². The number of esters is 1. The van der Waals surface area contributed by atoms with Crippen molar-refractivity contribution in [2.24, 2.45) is 0 Å². The molecule has 0 aliphatic heterocycles. The van der Waals surface area contributed by atoms with E-state index < -0.39 is 21.0 Å². The van der Waals surface area contributed by atoms with Crippen LogP contribution in [0, 0.1) is 0 Å². The number of carbonyl (C=O) groups is 1. The molecule has 1 aromatic carbocycles. The van der Waals surface area contributed by atoms with Crippen LogP contribution in [0.4, 0.5) is 0 Å².